The standard InChI is InChI=1S/C18H17Cl2N3S/c1-2-23-17(11-13-7-4-3-5-8-13)21-22-18(23)24-12-14-15(19)9-6-10-16(14)20/h3-10H,2,11-12H2,1H3. The van der Waals surface area contributed by atoms with Crippen LogP contribution < -0.4 is 0 Å². The van der Waals surface area contributed by atoms with E-state index in [9.17, 15) is 0 Å². The summed E-state index contributed by atoms with van der Waals surface area (Å²) in [5.74, 6) is 1.64. The van der Waals surface area contributed by atoms with E-state index in [1.807, 2.05) is 36.4 Å². The van der Waals surface area contributed by atoms with Crippen molar-refractivity contribution >= 4 is 35.0 Å². The van der Waals surface area contributed by atoms with Gasteiger partial charge < -0.3 is 4.57 Å². The average molecular weight is 378 g/mol. The third-order valence-electron chi connectivity index (χ3n) is 3.72. The first-order valence-electron chi connectivity index (χ1n) is 7.70. The summed E-state index contributed by atoms with van der Waals surface area (Å²) in [4.78, 5) is 0. The molecule has 1 heterocycles. The maximum atomic E-state index is 6.24. The van der Waals surface area contributed by atoms with Crippen molar-refractivity contribution in [2.24, 2.45) is 0 Å². The lowest BCUT2D eigenvalue weighted by Crippen LogP contribution is -2.04. The third-order valence-corrected chi connectivity index (χ3v) is 5.42. The van der Waals surface area contributed by atoms with Gasteiger partial charge in [0.2, 0.25) is 0 Å². The molecule has 0 bridgehead atoms. The fourth-order valence-corrected chi connectivity index (χ4v) is 4.22. The summed E-state index contributed by atoms with van der Waals surface area (Å²) in [7, 11) is 0. The van der Waals surface area contributed by atoms with Crippen molar-refractivity contribution in [1.29, 1.82) is 0 Å². The van der Waals surface area contributed by atoms with Gasteiger partial charge in [0.15, 0.2) is 5.16 Å². The van der Waals surface area contributed by atoms with Crippen LogP contribution in [0.4, 0.5) is 0 Å². The highest BCUT2D eigenvalue weighted by molar-refractivity contribution is 7.98. The number of halogens is 2. The molecular formula is C18H17Cl2N3S. The summed E-state index contributed by atoms with van der Waals surface area (Å²) in [6.07, 6.45) is 0.773. The highest BCUT2D eigenvalue weighted by Gasteiger charge is 2.13. The second-order valence-corrected chi connectivity index (χ2v) is 7.05. The Balaban J connectivity index is 1.77. The van der Waals surface area contributed by atoms with Gasteiger partial charge in [-0.3, -0.25) is 0 Å². The smallest absolute Gasteiger partial charge is 0.191 e. The van der Waals surface area contributed by atoms with E-state index in [2.05, 4.69) is 33.8 Å². The Bertz CT molecular complexity index is 798. The third kappa shape index (κ3) is 3.94. The van der Waals surface area contributed by atoms with Gasteiger partial charge in [-0.15, -0.1) is 10.2 Å². The largest absolute Gasteiger partial charge is 0.306 e. The molecule has 0 saturated heterocycles. The zero-order chi connectivity index (χ0) is 16.9. The molecule has 124 valence electrons. The monoisotopic (exact) mass is 377 g/mol. The van der Waals surface area contributed by atoms with Crippen molar-refractivity contribution in [1.82, 2.24) is 14.8 Å². The van der Waals surface area contributed by atoms with E-state index in [0.29, 0.717) is 15.8 Å². The molecule has 3 nitrogen and oxygen atoms in total. The Morgan fingerprint density at radius 2 is 1.67 bits per heavy atom. The summed E-state index contributed by atoms with van der Waals surface area (Å²) in [5.41, 5.74) is 2.16. The summed E-state index contributed by atoms with van der Waals surface area (Å²) in [6, 6.07) is 15.9. The maximum Gasteiger partial charge on any atom is 0.191 e. The molecule has 1 aromatic heterocycles. The Morgan fingerprint density at radius 3 is 2.33 bits per heavy atom. The molecule has 0 atom stereocenters. The van der Waals surface area contributed by atoms with Crippen molar-refractivity contribution in [2.75, 3.05) is 0 Å². The van der Waals surface area contributed by atoms with Crippen molar-refractivity contribution in [3.8, 4) is 0 Å². The van der Waals surface area contributed by atoms with Crippen LogP contribution >= 0.6 is 35.0 Å². The van der Waals surface area contributed by atoms with Crippen molar-refractivity contribution in [3.05, 3.63) is 75.5 Å². The minimum absolute atomic E-state index is 0.669. The molecule has 0 amide bonds. The van der Waals surface area contributed by atoms with Gasteiger partial charge in [-0.05, 0) is 30.2 Å². The predicted molar refractivity (Wildman–Crippen MR) is 101 cm³/mol. The number of thioether (sulfide) groups is 1. The number of rotatable bonds is 6. The molecule has 6 heteroatoms. The van der Waals surface area contributed by atoms with Gasteiger partial charge in [-0.25, -0.2) is 0 Å². The topological polar surface area (TPSA) is 30.7 Å². The van der Waals surface area contributed by atoms with Gasteiger partial charge in [0.1, 0.15) is 5.82 Å². The average Bonchev–Trinajstić information content (AvgIpc) is 2.97. The molecule has 3 rings (SSSR count). The fraction of sp³-hybridized carbons (Fsp3) is 0.222. The second-order valence-electron chi connectivity index (χ2n) is 5.29. The number of nitrogens with zero attached hydrogens (tertiary/aromatic N) is 3. The van der Waals surface area contributed by atoms with E-state index >= 15 is 0 Å². The molecule has 0 spiro atoms. The first kappa shape index (κ1) is 17.3. The normalized spacial score (nSPS) is 11.0. The minimum atomic E-state index is 0.669. The van der Waals surface area contributed by atoms with Gasteiger partial charge in [-0.1, -0.05) is 71.4 Å². The molecule has 0 fully saturated rings. The Kier molecular flexibility index (Phi) is 5.82. The van der Waals surface area contributed by atoms with Crippen LogP contribution in [-0.4, -0.2) is 14.8 Å². The summed E-state index contributed by atoms with van der Waals surface area (Å²) >= 11 is 14.1. The van der Waals surface area contributed by atoms with Crippen LogP contribution in [-0.2, 0) is 18.7 Å². The first-order valence-corrected chi connectivity index (χ1v) is 9.45. The van der Waals surface area contributed by atoms with Gasteiger partial charge in [0.05, 0.1) is 0 Å². The lowest BCUT2D eigenvalue weighted by molar-refractivity contribution is 0.651. The molecule has 0 aliphatic rings. The fourth-order valence-electron chi connectivity index (χ4n) is 2.46. The van der Waals surface area contributed by atoms with Crippen LogP contribution in [0, 0.1) is 0 Å². The minimum Gasteiger partial charge on any atom is -0.306 e. The molecule has 24 heavy (non-hydrogen) atoms. The van der Waals surface area contributed by atoms with Crippen LogP contribution in [0.5, 0.6) is 0 Å². The summed E-state index contributed by atoms with van der Waals surface area (Å²) in [6.45, 7) is 2.93. The lowest BCUT2D eigenvalue weighted by Gasteiger charge is -2.09. The molecule has 0 unspecified atom stereocenters. The number of hydrogen-bond donors (Lipinski definition) is 0. The SMILES string of the molecule is CCn1c(Cc2ccccc2)nnc1SCc1c(Cl)cccc1Cl. The highest BCUT2D eigenvalue weighted by atomic mass is 35.5. The van der Waals surface area contributed by atoms with Crippen LogP contribution in [0.3, 0.4) is 0 Å². The Labute approximate surface area is 156 Å². The van der Waals surface area contributed by atoms with Crippen molar-refractivity contribution in [3.63, 3.8) is 0 Å². The molecule has 0 saturated carbocycles. The molecule has 2 aromatic carbocycles. The van der Waals surface area contributed by atoms with Crippen molar-refractivity contribution in [2.45, 2.75) is 30.8 Å². The van der Waals surface area contributed by atoms with Crippen LogP contribution in [0.2, 0.25) is 10.0 Å². The zero-order valence-electron chi connectivity index (χ0n) is 13.2. The molecule has 0 radical (unpaired) electrons. The quantitative estimate of drug-likeness (QED) is 0.532. The molecule has 3 aromatic rings. The summed E-state index contributed by atoms with van der Waals surface area (Å²) < 4.78 is 2.14. The van der Waals surface area contributed by atoms with Gasteiger partial charge in [0.25, 0.3) is 0 Å². The Hall–Kier alpha value is -1.49. The first-order chi connectivity index (χ1) is 11.7. The van der Waals surface area contributed by atoms with Crippen LogP contribution in [0.15, 0.2) is 53.7 Å². The van der Waals surface area contributed by atoms with Crippen molar-refractivity contribution < 1.29 is 0 Å². The predicted octanol–water partition coefficient (Wildman–Crippen LogP) is 5.49. The van der Waals surface area contributed by atoms with E-state index in [1.54, 1.807) is 11.8 Å². The zero-order valence-corrected chi connectivity index (χ0v) is 15.6. The van der Waals surface area contributed by atoms with E-state index in [4.69, 9.17) is 23.2 Å². The molecular weight excluding hydrogens is 361 g/mol. The maximum absolute atomic E-state index is 6.24. The molecule has 0 aliphatic heterocycles. The number of benzene rings is 2. The summed E-state index contributed by atoms with van der Waals surface area (Å²) in [5, 5.41) is 11.0. The van der Waals surface area contributed by atoms with Gasteiger partial charge in [0, 0.05) is 28.8 Å². The van der Waals surface area contributed by atoms with E-state index in [-0.39, 0.29) is 0 Å². The van der Waals surface area contributed by atoms with Crippen LogP contribution in [0.1, 0.15) is 23.9 Å². The highest BCUT2D eigenvalue weighted by Crippen LogP contribution is 2.31. The lowest BCUT2D eigenvalue weighted by atomic mass is 10.1. The van der Waals surface area contributed by atoms with E-state index in [0.717, 1.165) is 29.5 Å². The Morgan fingerprint density at radius 1 is 0.958 bits per heavy atom. The van der Waals surface area contributed by atoms with E-state index in [1.165, 1.54) is 5.56 Å². The van der Waals surface area contributed by atoms with E-state index < -0.39 is 0 Å². The van der Waals surface area contributed by atoms with Gasteiger partial charge >= 0.3 is 0 Å². The van der Waals surface area contributed by atoms with Gasteiger partial charge in [-0.2, -0.15) is 0 Å². The molecule has 0 N–H and O–H groups in total. The number of aromatic nitrogens is 3. The second kappa shape index (κ2) is 8.06. The number of hydrogen-bond acceptors (Lipinski definition) is 3. The van der Waals surface area contributed by atoms with Crippen LogP contribution in [0.25, 0.3) is 0 Å². The molecule has 0 aliphatic carbocycles.